The predicted molar refractivity (Wildman–Crippen MR) is 58.2 cm³/mol. The summed E-state index contributed by atoms with van der Waals surface area (Å²) in [5.41, 5.74) is -0.258. The summed E-state index contributed by atoms with van der Waals surface area (Å²) in [6, 6.07) is 0.966. The van der Waals surface area contributed by atoms with Crippen molar-refractivity contribution >= 4 is 5.97 Å². The Morgan fingerprint density at radius 3 is 2.47 bits per heavy atom. The second-order valence-electron chi connectivity index (χ2n) is 3.33. The van der Waals surface area contributed by atoms with Crippen LogP contribution in [-0.4, -0.2) is 39.6 Å². The van der Waals surface area contributed by atoms with Gasteiger partial charge in [-0.3, -0.25) is 0 Å². The van der Waals surface area contributed by atoms with E-state index in [-0.39, 0.29) is 30.9 Å². The minimum atomic E-state index is -0.955. The number of carbonyl (C=O) groups is 1. The van der Waals surface area contributed by atoms with Crippen molar-refractivity contribution in [3.8, 4) is 17.2 Å². The monoisotopic (exact) mass is 242 g/mol. The molecule has 0 aromatic heterocycles. The number of hydrogen-bond donors (Lipinski definition) is 4. The molecule has 0 aliphatic rings. The van der Waals surface area contributed by atoms with Gasteiger partial charge in [0.05, 0.1) is 6.61 Å². The summed E-state index contributed by atoms with van der Waals surface area (Å²) in [4.78, 5) is 11.5. The molecule has 0 atom stereocenters. The Hall–Kier alpha value is -1.95. The second kappa shape index (κ2) is 5.40. The van der Waals surface area contributed by atoms with Gasteiger partial charge in [0.15, 0.2) is 0 Å². The van der Waals surface area contributed by atoms with Gasteiger partial charge in [-0.25, -0.2) is 4.79 Å². The molecule has 0 radical (unpaired) electrons. The average molecular weight is 242 g/mol. The van der Waals surface area contributed by atoms with Crippen molar-refractivity contribution < 1.29 is 30.0 Å². The highest BCUT2D eigenvalue weighted by atomic mass is 16.5. The molecular weight excluding hydrogens is 228 g/mol. The van der Waals surface area contributed by atoms with Crippen LogP contribution in [0.1, 0.15) is 22.8 Å². The van der Waals surface area contributed by atoms with E-state index in [1.807, 2.05) is 0 Å². The molecule has 6 heteroatoms. The zero-order valence-corrected chi connectivity index (χ0v) is 9.30. The van der Waals surface area contributed by atoms with Gasteiger partial charge in [0, 0.05) is 11.6 Å². The Labute approximate surface area is 97.7 Å². The van der Waals surface area contributed by atoms with E-state index in [4.69, 9.17) is 5.11 Å². The molecule has 0 spiro atoms. The van der Waals surface area contributed by atoms with E-state index in [1.165, 1.54) is 0 Å². The molecule has 0 aliphatic heterocycles. The van der Waals surface area contributed by atoms with Gasteiger partial charge in [0.2, 0.25) is 0 Å². The van der Waals surface area contributed by atoms with Crippen LogP contribution in [0.15, 0.2) is 6.07 Å². The molecule has 6 nitrogen and oxygen atoms in total. The van der Waals surface area contributed by atoms with Crippen molar-refractivity contribution in [2.45, 2.75) is 13.3 Å². The van der Waals surface area contributed by atoms with Gasteiger partial charge in [-0.15, -0.1) is 0 Å². The van der Waals surface area contributed by atoms with E-state index in [0.29, 0.717) is 0 Å². The van der Waals surface area contributed by atoms with Crippen LogP contribution >= 0.6 is 0 Å². The maximum atomic E-state index is 11.5. The summed E-state index contributed by atoms with van der Waals surface area (Å²) in [6.07, 6.45) is 0.290. The number of aromatic hydroxyl groups is 3. The fraction of sp³-hybridized carbons (Fsp3) is 0.364. The van der Waals surface area contributed by atoms with Crippen LogP contribution in [0.3, 0.4) is 0 Å². The quantitative estimate of drug-likeness (QED) is 0.573. The summed E-state index contributed by atoms with van der Waals surface area (Å²) in [7, 11) is 0. The molecule has 1 aromatic carbocycles. The fourth-order valence-corrected chi connectivity index (χ4v) is 1.44. The predicted octanol–water partition coefficient (Wildman–Crippen LogP) is 0.515. The van der Waals surface area contributed by atoms with E-state index in [9.17, 15) is 20.1 Å². The molecule has 1 aromatic rings. The van der Waals surface area contributed by atoms with Crippen LogP contribution in [0.2, 0.25) is 0 Å². The molecule has 0 aliphatic carbocycles. The second-order valence-corrected chi connectivity index (χ2v) is 3.33. The van der Waals surface area contributed by atoms with Crippen molar-refractivity contribution in [1.82, 2.24) is 0 Å². The van der Waals surface area contributed by atoms with Crippen LogP contribution in [0.4, 0.5) is 0 Å². The minimum absolute atomic E-state index is 0.152. The standard InChI is InChI=1S/C11H14O6/c1-2-6-7(13)5-8(14)9(10(6)15)11(16)17-4-3-12/h5,12-15H,2-4H2,1H3. The highest BCUT2D eigenvalue weighted by molar-refractivity contribution is 5.96. The van der Waals surface area contributed by atoms with E-state index in [2.05, 4.69) is 4.74 Å². The lowest BCUT2D eigenvalue weighted by Crippen LogP contribution is -2.10. The van der Waals surface area contributed by atoms with E-state index >= 15 is 0 Å². The van der Waals surface area contributed by atoms with Gasteiger partial charge in [-0.2, -0.15) is 0 Å². The Morgan fingerprint density at radius 2 is 1.94 bits per heavy atom. The van der Waals surface area contributed by atoms with Gasteiger partial charge in [0.1, 0.15) is 29.4 Å². The molecular formula is C11H14O6. The van der Waals surface area contributed by atoms with Crippen molar-refractivity contribution in [3.63, 3.8) is 0 Å². The number of carbonyl (C=O) groups excluding carboxylic acids is 1. The lowest BCUT2D eigenvalue weighted by molar-refractivity contribution is 0.0427. The average Bonchev–Trinajstić information content (AvgIpc) is 2.26. The fourth-order valence-electron chi connectivity index (χ4n) is 1.44. The van der Waals surface area contributed by atoms with Crippen LogP contribution in [0.5, 0.6) is 17.2 Å². The number of esters is 1. The normalized spacial score (nSPS) is 10.2. The first-order valence-corrected chi connectivity index (χ1v) is 5.07. The summed E-state index contributed by atoms with van der Waals surface area (Å²) in [6.45, 7) is 1.08. The Kier molecular flexibility index (Phi) is 4.17. The van der Waals surface area contributed by atoms with Crippen LogP contribution in [0, 0.1) is 0 Å². The summed E-state index contributed by atoms with van der Waals surface area (Å²) >= 11 is 0. The maximum absolute atomic E-state index is 11.5. The molecule has 0 unspecified atom stereocenters. The maximum Gasteiger partial charge on any atom is 0.345 e. The minimum Gasteiger partial charge on any atom is -0.507 e. The third-order valence-corrected chi connectivity index (χ3v) is 2.24. The number of phenols is 3. The van der Waals surface area contributed by atoms with Crippen LogP contribution in [0.25, 0.3) is 0 Å². The Morgan fingerprint density at radius 1 is 1.29 bits per heavy atom. The van der Waals surface area contributed by atoms with Crippen LogP contribution < -0.4 is 0 Å². The van der Waals surface area contributed by atoms with Crippen molar-refractivity contribution in [3.05, 3.63) is 17.2 Å². The van der Waals surface area contributed by atoms with E-state index in [1.54, 1.807) is 6.92 Å². The van der Waals surface area contributed by atoms with Gasteiger partial charge in [0.25, 0.3) is 0 Å². The largest absolute Gasteiger partial charge is 0.507 e. The smallest absolute Gasteiger partial charge is 0.345 e. The topological polar surface area (TPSA) is 107 Å². The third-order valence-electron chi connectivity index (χ3n) is 2.24. The molecule has 0 fully saturated rings. The first kappa shape index (κ1) is 13.1. The number of benzene rings is 1. The summed E-state index contributed by atoms with van der Waals surface area (Å²) in [5.74, 6) is -2.32. The van der Waals surface area contributed by atoms with Gasteiger partial charge in [-0.1, -0.05) is 6.92 Å². The molecule has 0 heterocycles. The van der Waals surface area contributed by atoms with Crippen molar-refractivity contribution in [1.29, 1.82) is 0 Å². The number of rotatable bonds is 4. The molecule has 0 amide bonds. The molecule has 1 rings (SSSR count). The summed E-state index contributed by atoms with van der Waals surface area (Å²) < 4.78 is 4.59. The number of ether oxygens (including phenoxy) is 1. The summed E-state index contributed by atoms with van der Waals surface area (Å²) in [5, 5.41) is 37.2. The van der Waals surface area contributed by atoms with Crippen molar-refractivity contribution in [2.75, 3.05) is 13.2 Å². The molecule has 17 heavy (non-hydrogen) atoms. The highest BCUT2D eigenvalue weighted by Gasteiger charge is 2.22. The number of phenolic OH excluding ortho intramolecular Hbond substituents is 3. The number of aliphatic hydroxyl groups excluding tert-OH is 1. The molecule has 4 N–H and O–H groups in total. The molecule has 0 saturated carbocycles. The Balaban J connectivity index is 3.19. The first-order chi connectivity index (χ1) is 8.02. The van der Waals surface area contributed by atoms with Gasteiger partial charge in [-0.05, 0) is 6.42 Å². The number of aliphatic hydroxyl groups is 1. The van der Waals surface area contributed by atoms with Gasteiger partial charge < -0.3 is 25.2 Å². The van der Waals surface area contributed by atoms with E-state index in [0.717, 1.165) is 6.07 Å². The SMILES string of the molecule is CCc1c(O)cc(O)c(C(=O)OCCO)c1O. The van der Waals surface area contributed by atoms with Gasteiger partial charge >= 0.3 is 5.97 Å². The third kappa shape index (κ3) is 2.59. The molecule has 0 saturated heterocycles. The zero-order valence-electron chi connectivity index (χ0n) is 9.30. The lowest BCUT2D eigenvalue weighted by Gasteiger charge is -2.11. The van der Waals surface area contributed by atoms with E-state index < -0.39 is 23.0 Å². The Bertz CT molecular complexity index is 426. The first-order valence-electron chi connectivity index (χ1n) is 5.07. The highest BCUT2D eigenvalue weighted by Crippen LogP contribution is 2.37. The zero-order chi connectivity index (χ0) is 13.0. The molecule has 94 valence electrons. The number of hydrogen-bond acceptors (Lipinski definition) is 6. The molecule has 0 bridgehead atoms. The lowest BCUT2D eigenvalue weighted by atomic mass is 10.0. The van der Waals surface area contributed by atoms with Crippen LogP contribution in [-0.2, 0) is 11.2 Å². The van der Waals surface area contributed by atoms with Crippen molar-refractivity contribution in [2.24, 2.45) is 0 Å².